The summed E-state index contributed by atoms with van der Waals surface area (Å²) in [6, 6.07) is 4.78. The molecular formula is C23H35N3O5S. The van der Waals surface area contributed by atoms with Gasteiger partial charge in [0.1, 0.15) is 0 Å². The van der Waals surface area contributed by atoms with Crippen molar-refractivity contribution in [3.05, 3.63) is 23.8 Å². The number of ether oxygens (including phenoxy) is 1. The number of hydrogen-bond acceptors (Lipinski definition) is 6. The third-order valence-corrected chi connectivity index (χ3v) is 8.47. The minimum Gasteiger partial charge on any atom is -0.452 e. The van der Waals surface area contributed by atoms with Crippen molar-refractivity contribution in [2.24, 2.45) is 0 Å². The van der Waals surface area contributed by atoms with Gasteiger partial charge in [-0.1, -0.05) is 13.8 Å². The summed E-state index contributed by atoms with van der Waals surface area (Å²) in [6.07, 6.45) is 5.02. The van der Waals surface area contributed by atoms with E-state index in [1.165, 1.54) is 10.4 Å². The molecule has 9 heteroatoms. The molecule has 0 aliphatic carbocycles. The van der Waals surface area contributed by atoms with Gasteiger partial charge in [-0.2, -0.15) is 4.31 Å². The molecule has 0 spiro atoms. The van der Waals surface area contributed by atoms with Crippen LogP contribution in [0.15, 0.2) is 23.1 Å². The molecule has 2 aliphatic rings. The summed E-state index contributed by atoms with van der Waals surface area (Å²) in [5.41, 5.74) is 0.851. The summed E-state index contributed by atoms with van der Waals surface area (Å²) in [6.45, 7) is 8.18. The number of piperidine rings is 1. The lowest BCUT2D eigenvalue weighted by Crippen LogP contribution is -2.44. The van der Waals surface area contributed by atoms with Gasteiger partial charge in [0.15, 0.2) is 6.61 Å². The maximum absolute atomic E-state index is 13.1. The summed E-state index contributed by atoms with van der Waals surface area (Å²) in [5, 5.41) is 0. The number of hydrogen-bond donors (Lipinski definition) is 0. The molecule has 8 nitrogen and oxygen atoms in total. The molecule has 2 heterocycles. The maximum Gasteiger partial charge on any atom is 0.340 e. The molecule has 2 aliphatic heterocycles. The van der Waals surface area contributed by atoms with E-state index in [-0.39, 0.29) is 29.0 Å². The predicted octanol–water partition coefficient (Wildman–Crippen LogP) is 2.88. The quantitative estimate of drug-likeness (QED) is 0.549. The van der Waals surface area contributed by atoms with E-state index in [0.29, 0.717) is 25.3 Å². The largest absolute Gasteiger partial charge is 0.452 e. The summed E-state index contributed by atoms with van der Waals surface area (Å²) in [5.74, 6) is -0.873. The number of benzene rings is 1. The van der Waals surface area contributed by atoms with Gasteiger partial charge < -0.3 is 14.5 Å². The molecule has 0 aromatic heterocycles. The Hall–Kier alpha value is -2.13. The number of carbonyl (C=O) groups excluding carboxylic acids is 2. The normalized spacial score (nSPS) is 19.4. The molecule has 1 aromatic rings. The number of sulfonamides is 1. The first-order valence-corrected chi connectivity index (χ1v) is 13.1. The van der Waals surface area contributed by atoms with Gasteiger partial charge >= 0.3 is 5.97 Å². The van der Waals surface area contributed by atoms with Gasteiger partial charge in [0.25, 0.3) is 5.91 Å². The van der Waals surface area contributed by atoms with Crippen molar-refractivity contribution in [1.82, 2.24) is 9.21 Å². The van der Waals surface area contributed by atoms with Crippen LogP contribution in [0.1, 0.15) is 63.2 Å². The van der Waals surface area contributed by atoms with Crippen LogP contribution in [0.3, 0.4) is 0 Å². The van der Waals surface area contributed by atoms with Crippen molar-refractivity contribution in [2.45, 2.75) is 63.8 Å². The molecule has 1 unspecified atom stereocenters. The lowest BCUT2D eigenvalue weighted by molar-refractivity contribution is -0.137. The summed E-state index contributed by atoms with van der Waals surface area (Å²) in [4.78, 5) is 29.6. The second-order valence-corrected chi connectivity index (χ2v) is 10.4. The number of likely N-dealkylation sites (tertiary alicyclic amines) is 1. The van der Waals surface area contributed by atoms with Gasteiger partial charge in [-0.25, -0.2) is 13.2 Å². The van der Waals surface area contributed by atoms with E-state index in [2.05, 4.69) is 4.90 Å². The first-order valence-electron chi connectivity index (χ1n) is 11.6. The fourth-order valence-electron chi connectivity index (χ4n) is 4.54. The zero-order valence-corrected chi connectivity index (χ0v) is 20.2. The van der Waals surface area contributed by atoms with Crippen molar-refractivity contribution < 1.29 is 22.7 Å². The van der Waals surface area contributed by atoms with Gasteiger partial charge in [0.2, 0.25) is 10.0 Å². The molecule has 2 fully saturated rings. The number of esters is 1. The zero-order chi connectivity index (χ0) is 23.3. The number of amides is 1. The van der Waals surface area contributed by atoms with Crippen LogP contribution < -0.4 is 4.90 Å². The van der Waals surface area contributed by atoms with Gasteiger partial charge in [-0.3, -0.25) is 4.79 Å². The predicted molar refractivity (Wildman–Crippen MR) is 123 cm³/mol. The molecule has 0 radical (unpaired) electrons. The van der Waals surface area contributed by atoms with E-state index in [0.717, 1.165) is 45.2 Å². The van der Waals surface area contributed by atoms with Crippen LogP contribution >= 0.6 is 0 Å². The smallest absolute Gasteiger partial charge is 0.340 e. The first kappa shape index (κ1) is 24.5. The molecular weight excluding hydrogens is 430 g/mol. The van der Waals surface area contributed by atoms with Crippen LogP contribution in [-0.2, 0) is 19.6 Å². The number of carbonyl (C=O) groups is 2. The van der Waals surface area contributed by atoms with Crippen LogP contribution in [0, 0.1) is 0 Å². The van der Waals surface area contributed by atoms with Crippen molar-refractivity contribution in [2.75, 3.05) is 44.2 Å². The second-order valence-electron chi connectivity index (χ2n) is 8.47. The van der Waals surface area contributed by atoms with E-state index < -0.39 is 16.0 Å². The van der Waals surface area contributed by atoms with Gasteiger partial charge in [0, 0.05) is 38.8 Å². The Balaban J connectivity index is 1.84. The fraction of sp³-hybridized carbons (Fsp3) is 0.652. The van der Waals surface area contributed by atoms with E-state index in [1.54, 1.807) is 30.9 Å². The van der Waals surface area contributed by atoms with Gasteiger partial charge in [-0.15, -0.1) is 0 Å². The molecule has 1 amide bonds. The van der Waals surface area contributed by atoms with E-state index in [1.807, 2.05) is 6.92 Å². The standard InChI is InChI=1S/C23H35N3O5S/c1-4-25(5-2)32(29,30)19-11-12-21(24-13-8-9-14-24)20(16-19)23(28)31-17-22(27)26-15-7-6-10-18(26)3/h11-12,16,18H,4-10,13-15,17H2,1-3H3. The molecule has 2 saturated heterocycles. The third kappa shape index (κ3) is 5.26. The van der Waals surface area contributed by atoms with Crippen LogP contribution in [0.5, 0.6) is 0 Å². The lowest BCUT2D eigenvalue weighted by Gasteiger charge is -2.33. The van der Waals surface area contributed by atoms with Gasteiger partial charge in [0.05, 0.1) is 16.1 Å². The highest BCUT2D eigenvalue weighted by atomic mass is 32.2. The van der Waals surface area contributed by atoms with Crippen LogP contribution in [0.2, 0.25) is 0 Å². The SMILES string of the molecule is CCN(CC)S(=O)(=O)c1ccc(N2CCCC2)c(C(=O)OCC(=O)N2CCCCC2C)c1. The minimum absolute atomic E-state index is 0.0621. The average Bonchev–Trinajstić information content (AvgIpc) is 3.32. The Bertz CT molecular complexity index is 924. The second kappa shape index (κ2) is 10.7. The molecule has 32 heavy (non-hydrogen) atoms. The van der Waals surface area contributed by atoms with Crippen LogP contribution in [0.25, 0.3) is 0 Å². The Morgan fingerprint density at radius 3 is 2.34 bits per heavy atom. The number of anilines is 1. The molecule has 1 atom stereocenters. The molecule has 0 bridgehead atoms. The molecule has 0 N–H and O–H groups in total. The van der Waals surface area contributed by atoms with Crippen molar-refractivity contribution >= 4 is 27.6 Å². The van der Waals surface area contributed by atoms with E-state index >= 15 is 0 Å². The first-order chi connectivity index (χ1) is 15.3. The highest BCUT2D eigenvalue weighted by molar-refractivity contribution is 7.89. The maximum atomic E-state index is 13.1. The van der Waals surface area contributed by atoms with Crippen LogP contribution in [-0.4, -0.2) is 74.9 Å². The Kier molecular flexibility index (Phi) is 8.16. The van der Waals surface area contributed by atoms with E-state index in [4.69, 9.17) is 4.74 Å². The number of nitrogens with zero attached hydrogens (tertiary/aromatic N) is 3. The highest BCUT2D eigenvalue weighted by Crippen LogP contribution is 2.29. The Labute approximate surface area is 191 Å². The van der Waals surface area contributed by atoms with E-state index in [9.17, 15) is 18.0 Å². The average molecular weight is 466 g/mol. The third-order valence-electron chi connectivity index (χ3n) is 6.43. The summed E-state index contributed by atoms with van der Waals surface area (Å²) in [7, 11) is -3.72. The number of rotatable bonds is 8. The highest BCUT2D eigenvalue weighted by Gasteiger charge is 2.28. The Morgan fingerprint density at radius 1 is 1.06 bits per heavy atom. The van der Waals surface area contributed by atoms with Gasteiger partial charge in [-0.05, 0) is 57.2 Å². The molecule has 178 valence electrons. The monoisotopic (exact) mass is 465 g/mol. The zero-order valence-electron chi connectivity index (χ0n) is 19.4. The molecule has 3 rings (SSSR count). The minimum atomic E-state index is -3.72. The fourth-order valence-corrected chi connectivity index (χ4v) is 6.03. The lowest BCUT2D eigenvalue weighted by atomic mass is 10.0. The van der Waals surface area contributed by atoms with Crippen molar-refractivity contribution in [3.63, 3.8) is 0 Å². The summed E-state index contributed by atoms with van der Waals surface area (Å²) >= 11 is 0. The topological polar surface area (TPSA) is 87.2 Å². The Morgan fingerprint density at radius 2 is 1.72 bits per heavy atom. The van der Waals surface area contributed by atoms with Crippen molar-refractivity contribution in [3.8, 4) is 0 Å². The van der Waals surface area contributed by atoms with Crippen molar-refractivity contribution in [1.29, 1.82) is 0 Å². The van der Waals surface area contributed by atoms with Crippen LogP contribution in [0.4, 0.5) is 5.69 Å². The molecule has 0 saturated carbocycles. The summed E-state index contributed by atoms with van der Waals surface area (Å²) < 4.78 is 32.8. The molecule has 1 aromatic carbocycles.